The molecule has 0 aliphatic heterocycles. The van der Waals surface area contributed by atoms with Crippen molar-refractivity contribution in [2.24, 2.45) is 12.0 Å². The Labute approximate surface area is 128 Å². The van der Waals surface area contributed by atoms with Gasteiger partial charge in [-0.05, 0) is 6.92 Å². The minimum atomic E-state index is 0.603. The van der Waals surface area contributed by atoms with E-state index in [1.807, 2.05) is 37.2 Å². The van der Waals surface area contributed by atoms with E-state index in [-0.39, 0.29) is 0 Å². The van der Waals surface area contributed by atoms with E-state index in [1.165, 1.54) is 0 Å². The number of hydrogen-bond donors (Lipinski definition) is 1. The summed E-state index contributed by atoms with van der Waals surface area (Å²) < 4.78 is 1.97. The highest BCUT2D eigenvalue weighted by Gasteiger charge is 2.09. The van der Waals surface area contributed by atoms with E-state index in [1.54, 1.807) is 18.4 Å². The molecule has 1 N–H and O–H groups in total. The molecule has 0 aliphatic carbocycles. The Balaban J connectivity index is 1.86. The number of aryl methyl sites for hydroxylation is 1. The first kappa shape index (κ1) is 15.4. The van der Waals surface area contributed by atoms with Crippen molar-refractivity contribution in [1.82, 2.24) is 30.0 Å². The topological polar surface area (TPSA) is 71.2 Å². The van der Waals surface area contributed by atoms with Crippen LogP contribution in [-0.4, -0.2) is 51.2 Å². The van der Waals surface area contributed by atoms with E-state index >= 15 is 0 Å². The number of thiazole rings is 1. The van der Waals surface area contributed by atoms with Crippen molar-refractivity contribution in [2.45, 2.75) is 19.9 Å². The van der Waals surface area contributed by atoms with E-state index in [4.69, 9.17) is 0 Å². The lowest BCUT2D eigenvalue weighted by atomic mass is 10.4. The molecule has 2 aromatic heterocycles. The number of hydrogen-bond acceptors (Lipinski definition) is 5. The van der Waals surface area contributed by atoms with Crippen LogP contribution in [0.25, 0.3) is 0 Å². The summed E-state index contributed by atoms with van der Waals surface area (Å²) in [6.45, 7) is 3.40. The number of nitrogens with one attached hydrogen (secondary N) is 1. The second kappa shape index (κ2) is 7.16. The molecule has 0 atom stereocenters. The zero-order valence-corrected chi connectivity index (χ0v) is 13.7. The molecule has 0 radical (unpaired) electrons. The van der Waals surface area contributed by atoms with Crippen molar-refractivity contribution in [2.75, 3.05) is 20.6 Å². The van der Waals surface area contributed by atoms with Crippen LogP contribution >= 0.6 is 11.3 Å². The fraction of sp³-hybridized carbons (Fsp3) is 0.538. The van der Waals surface area contributed by atoms with Gasteiger partial charge in [-0.15, -0.1) is 21.5 Å². The van der Waals surface area contributed by atoms with Crippen LogP contribution in [-0.2, 0) is 20.0 Å². The van der Waals surface area contributed by atoms with Crippen LogP contribution in [0.15, 0.2) is 16.6 Å². The molecule has 0 aliphatic rings. The smallest absolute Gasteiger partial charge is 0.193 e. The first-order chi connectivity index (χ1) is 10.1. The SMILES string of the molecule is CN=C(NCc1nnc(C)n1C)N(C)CCc1nccs1. The largest absolute Gasteiger partial charge is 0.349 e. The Hall–Kier alpha value is -1.96. The number of aliphatic imine (C=N–C) groups is 1. The van der Waals surface area contributed by atoms with Gasteiger partial charge in [0.05, 0.1) is 11.6 Å². The fourth-order valence-corrected chi connectivity index (χ4v) is 2.50. The highest BCUT2D eigenvalue weighted by atomic mass is 32.1. The molecule has 0 saturated carbocycles. The Morgan fingerprint density at radius 2 is 2.29 bits per heavy atom. The zero-order valence-electron chi connectivity index (χ0n) is 12.9. The number of aromatic nitrogens is 4. The van der Waals surface area contributed by atoms with Gasteiger partial charge in [-0.25, -0.2) is 4.98 Å². The Kier molecular flexibility index (Phi) is 5.26. The summed E-state index contributed by atoms with van der Waals surface area (Å²) in [5.41, 5.74) is 0. The molecule has 7 nitrogen and oxygen atoms in total. The van der Waals surface area contributed by atoms with Gasteiger partial charge in [0.25, 0.3) is 0 Å². The van der Waals surface area contributed by atoms with E-state index < -0.39 is 0 Å². The maximum Gasteiger partial charge on any atom is 0.193 e. The number of nitrogens with zero attached hydrogens (tertiary/aromatic N) is 6. The van der Waals surface area contributed by atoms with Gasteiger partial charge < -0.3 is 14.8 Å². The lowest BCUT2D eigenvalue weighted by Gasteiger charge is -2.21. The first-order valence-electron chi connectivity index (χ1n) is 6.77. The first-order valence-corrected chi connectivity index (χ1v) is 7.64. The lowest BCUT2D eigenvalue weighted by Crippen LogP contribution is -2.39. The number of guanidine groups is 1. The van der Waals surface area contributed by atoms with Crippen molar-refractivity contribution in [3.8, 4) is 0 Å². The molecule has 8 heteroatoms. The lowest BCUT2D eigenvalue weighted by molar-refractivity contribution is 0.482. The average Bonchev–Trinajstić information content (AvgIpc) is 3.10. The van der Waals surface area contributed by atoms with Crippen LogP contribution in [0, 0.1) is 6.92 Å². The van der Waals surface area contributed by atoms with Gasteiger partial charge in [-0.2, -0.15) is 0 Å². The predicted molar refractivity (Wildman–Crippen MR) is 84.4 cm³/mol. The summed E-state index contributed by atoms with van der Waals surface area (Å²) in [6, 6.07) is 0. The third kappa shape index (κ3) is 4.01. The molecule has 0 bridgehead atoms. The molecule has 0 spiro atoms. The number of likely N-dealkylation sites (N-methyl/N-ethyl adjacent to an activating group) is 1. The van der Waals surface area contributed by atoms with Gasteiger partial charge in [0.15, 0.2) is 11.8 Å². The summed E-state index contributed by atoms with van der Waals surface area (Å²) in [4.78, 5) is 10.7. The molecular weight excluding hydrogens is 286 g/mol. The average molecular weight is 307 g/mol. The second-order valence-corrected chi connectivity index (χ2v) is 5.70. The second-order valence-electron chi connectivity index (χ2n) is 4.72. The summed E-state index contributed by atoms with van der Waals surface area (Å²) in [5.74, 6) is 2.63. The molecule has 0 amide bonds. The third-order valence-electron chi connectivity index (χ3n) is 3.31. The van der Waals surface area contributed by atoms with Crippen molar-refractivity contribution in [3.05, 3.63) is 28.2 Å². The minimum Gasteiger partial charge on any atom is -0.349 e. The summed E-state index contributed by atoms with van der Waals surface area (Å²) in [5, 5.41) is 14.6. The van der Waals surface area contributed by atoms with Crippen molar-refractivity contribution in [3.63, 3.8) is 0 Å². The third-order valence-corrected chi connectivity index (χ3v) is 4.14. The van der Waals surface area contributed by atoms with Crippen molar-refractivity contribution < 1.29 is 0 Å². The van der Waals surface area contributed by atoms with E-state index in [0.29, 0.717) is 6.54 Å². The van der Waals surface area contributed by atoms with Gasteiger partial charge in [-0.1, -0.05) is 0 Å². The van der Waals surface area contributed by atoms with Crippen LogP contribution in [0.3, 0.4) is 0 Å². The quantitative estimate of drug-likeness (QED) is 0.654. The molecule has 2 rings (SSSR count). The maximum atomic E-state index is 4.30. The monoisotopic (exact) mass is 307 g/mol. The Bertz CT molecular complexity index is 588. The van der Waals surface area contributed by atoms with Gasteiger partial charge in [0, 0.05) is 45.7 Å². The normalized spacial score (nSPS) is 11.7. The summed E-state index contributed by atoms with van der Waals surface area (Å²) in [6.07, 6.45) is 2.75. The van der Waals surface area contributed by atoms with Crippen molar-refractivity contribution >= 4 is 17.3 Å². The van der Waals surface area contributed by atoms with E-state index in [9.17, 15) is 0 Å². The van der Waals surface area contributed by atoms with Crippen LogP contribution in [0.4, 0.5) is 0 Å². The predicted octanol–water partition coefficient (Wildman–Crippen LogP) is 0.830. The summed E-state index contributed by atoms with van der Waals surface area (Å²) in [7, 11) is 5.76. The molecule has 0 fully saturated rings. The highest BCUT2D eigenvalue weighted by molar-refractivity contribution is 7.09. The Morgan fingerprint density at radius 1 is 1.48 bits per heavy atom. The molecule has 21 heavy (non-hydrogen) atoms. The van der Waals surface area contributed by atoms with Gasteiger partial charge >= 0.3 is 0 Å². The van der Waals surface area contributed by atoms with Crippen LogP contribution in [0.5, 0.6) is 0 Å². The van der Waals surface area contributed by atoms with E-state index in [0.717, 1.165) is 35.6 Å². The molecule has 2 heterocycles. The van der Waals surface area contributed by atoms with Gasteiger partial charge in [-0.3, -0.25) is 4.99 Å². The molecule has 114 valence electrons. The summed E-state index contributed by atoms with van der Waals surface area (Å²) >= 11 is 1.68. The van der Waals surface area contributed by atoms with Crippen LogP contribution < -0.4 is 5.32 Å². The molecule has 0 aromatic carbocycles. The fourth-order valence-electron chi connectivity index (χ4n) is 1.89. The minimum absolute atomic E-state index is 0.603. The van der Waals surface area contributed by atoms with Crippen LogP contribution in [0.1, 0.15) is 16.7 Å². The zero-order chi connectivity index (χ0) is 15.2. The van der Waals surface area contributed by atoms with Gasteiger partial charge in [0.1, 0.15) is 5.82 Å². The molecular formula is C13H21N7S. The highest BCUT2D eigenvalue weighted by Crippen LogP contribution is 2.05. The van der Waals surface area contributed by atoms with Gasteiger partial charge in [0.2, 0.25) is 0 Å². The van der Waals surface area contributed by atoms with Crippen LogP contribution in [0.2, 0.25) is 0 Å². The van der Waals surface area contributed by atoms with Crippen molar-refractivity contribution in [1.29, 1.82) is 0 Å². The standard InChI is InChI=1S/C13H21N7S/c1-10-17-18-11(20(10)4)9-16-13(14-2)19(3)7-5-12-15-6-8-21-12/h6,8H,5,7,9H2,1-4H3,(H,14,16). The number of rotatable bonds is 5. The molecule has 0 unspecified atom stereocenters. The molecule has 2 aromatic rings. The molecule has 0 saturated heterocycles. The maximum absolute atomic E-state index is 4.30. The Morgan fingerprint density at radius 3 is 2.86 bits per heavy atom. The van der Waals surface area contributed by atoms with E-state index in [2.05, 4.69) is 30.4 Å².